The normalized spacial score (nSPS) is 15.4. The van der Waals surface area contributed by atoms with Gasteiger partial charge in [0.2, 0.25) is 11.3 Å². The summed E-state index contributed by atoms with van der Waals surface area (Å²) in [4.78, 5) is 21.5. The van der Waals surface area contributed by atoms with E-state index >= 15 is 0 Å². The van der Waals surface area contributed by atoms with Crippen molar-refractivity contribution in [1.82, 2.24) is 14.9 Å². The first-order valence-electron chi connectivity index (χ1n) is 7.63. The first-order chi connectivity index (χ1) is 11.3. The van der Waals surface area contributed by atoms with Crippen molar-refractivity contribution in [2.75, 3.05) is 39.5 Å². The van der Waals surface area contributed by atoms with E-state index in [1.165, 1.54) is 6.20 Å². The minimum atomic E-state index is -0.375. The van der Waals surface area contributed by atoms with Crippen molar-refractivity contribution in [3.63, 3.8) is 0 Å². The summed E-state index contributed by atoms with van der Waals surface area (Å²) < 4.78 is 10.9. The van der Waals surface area contributed by atoms with Crippen molar-refractivity contribution in [2.45, 2.75) is 6.42 Å². The van der Waals surface area contributed by atoms with Crippen LogP contribution in [-0.2, 0) is 4.74 Å². The van der Waals surface area contributed by atoms with E-state index in [9.17, 15) is 4.79 Å². The van der Waals surface area contributed by atoms with Crippen molar-refractivity contribution in [2.24, 2.45) is 0 Å². The molecule has 7 heteroatoms. The number of hydrogen-bond acceptors (Lipinski definition) is 6. The van der Waals surface area contributed by atoms with Crippen LogP contribution < -0.4 is 10.2 Å². The van der Waals surface area contributed by atoms with E-state index in [0.29, 0.717) is 18.0 Å². The van der Waals surface area contributed by atoms with Crippen LogP contribution in [-0.4, -0.2) is 54.3 Å². The van der Waals surface area contributed by atoms with Crippen LogP contribution in [0.25, 0.3) is 11.0 Å². The Bertz CT molecular complexity index is 775. The summed E-state index contributed by atoms with van der Waals surface area (Å²) in [5.74, 6) is 0.403. The smallest absolute Gasteiger partial charge is 0.225 e. The number of nitriles is 1. The van der Waals surface area contributed by atoms with E-state index in [1.807, 2.05) is 6.07 Å². The molecule has 7 nitrogen and oxygen atoms in total. The predicted molar refractivity (Wildman–Crippen MR) is 84.4 cm³/mol. The zero-order chi connectivity index (χ0) is 16.1. The molecular weight excluding hydrogens is 296 g/mol. The lowest BCUT2D eigenvalue weighted by Gasteiger charge is -2.26. The number of nitrogens with one attached hydrogen (secondary N) is 1. The fourth-order valence-electron chi connectivity index (χ4n) is 2.53. The number of fused-ring (bicyclic) bond motifs is 1. The summed E-state index contributed by atoms with van der Waals surface area (Å²) in [7, 11) is 0. The Morgan fingerprint density at radius 1 is 1.39 bits per heavy atom. The Hall–Kier alpha value is -2.43. The Morgan fingerprint density at radius 3 is 3.00 bits per heavy atom. The molecule has 0 aromatic carbocycles. The highest BCUT2D eigenvalue weighted by atomic mass is 16.5. The number of aromatic nitrogens is 2. The van der Waals surface area contributed by atoms with E-state index in [4.69, 9.17) is 14.7 Å². The number of H-pyrrole nitrogens is 1. The second-order valence-electron chi connectivity index (χ2n) is 5.34. The molecule has 0 bridgehead atoms. The predicted octanol–water partition coefficient (Wildman–Crippen LogP) is 0.896. The van der Waals surface area contributed by atoms with Crippen molar-refractivity contribution >= 4 is 11.0 Å². The van der Waals surface area contributed by atoms with Crippen molar-refractivity contribution in [3.05, 3.63) is 34.1 Å². The summed E-state index contributed by atoms with van der Waals surface area (Å²) >= 11 is 0. The summed E-state index contributed by atoms with van der Waals surface area (Å²) in [6.45, 7) is 4.98. The Kier molecular flexibility index (Phi) is 4.86. The van der Waals surface area contributed by atoms with Gasteiger partial charge in [0.15, 0.2) is 0 Å². The lowest BCUT2D eigenvalue weighted by Crippen LogP contribution is -2.37. The first-order valence-corrected chi connectivity index (χ1v) is 7.63. The third-order valence-electron chi connectivity index (χ3n) is 3.79. The number of morpholine rings is 1. The molecule has 0 unspecified atom stereocenters. The topological polar surface area (TPSA) is 91.2 Å². The second-order valence-corrected chi connectivity index (χ2v) is 5.34. The van der Waals surface area contributed by atoms with Gasteiger partial charge in [0, 0.05) is 31.9 Å². The summed E-state index contributed by atoms with van der Waals surface area (Å²) in [6.07, 6.45) is 2.28. The minimum absolute atomic E-state index is 0.0504. The molecule has 0 spiro atoms. The van der Waals surface area contributed by atoms with Crippen LogP contribution in [0.2, 0.25) is 0 Å². The van der Waals surface area contributed by atoms with Crippen molar-refractivity contribution in [3.8, 4) is 11.9 Å². The summed E-state index contributed by atoms with van der Waals surface area (Å²) in [6, 6.07) is 5.31. The molecule has 120 valence electrons. The van der Waals surface area contributed by atoms with Crippen LogP contribution in [0.5, 0.6) is 5.88 Å². The number of aromatic amines is 1. The molecule has 1 N–H and O–H groups in total. The molecule has 0 amide bonds. The molecule has 0 atom stereocenters. The highest BCUT2D eigenvalue weighted by Gasteiger charge is 2.10. The zero-order valence-corrected chi connectivity index (χ0v) is 12.7. The van der Waals surface area contributed by atoms with Crippen LogP contribution in [0.4, 0.5) is 0 Å². The van der Waals surface area contributed by atoms with Crippen LogP contribution in [0.3, 0.4) is 0 Å². The SMILES string of the molecule is N#Cc1c[nH]c2ccc(OCCCN3CCOCC3)nc2c1=O. The standard InChI is InChI=1S/C16H18N4O3/c17-10-12-11-18-13-2-3-14(19-15(13)16(12)21)23-7-1-4-20-5-8-22-9-6-20/h2-3,11H,1,4-9H2,(H,18,21). The zero-order valence-electron chi connectivity index (χ0n) is 12.7. The molecule has 1 aliphatic heterocycles. The quantitative estimate of drug-likeness (QED) is 0.824. The third-order valence-corrected chi connectivity index (χ3v) is 3.79. The fraction of sp³-hybridized carbons (Fsp3) is 0.438. The number of pyridine rings is 2. The lowest BCUT2D eigenvalue weighted by atomic mass is 10.2. The molecule has 1 fully saturated rings. The monoisotopic (exact) mass is 314 g/mol. The molecule has 3 rings (SSSR count). The molecule has 1 saturated heterocycles. The van der Waals surface area contributed by atoms with Gasteiger partial charge in [0.1, 0.15) is 17.1 Å². The molecule has 0 saturated carbocycles. The minimum Gasteiger partial charge on any atom is -0.478 e. The van der Waals surface area contributed by atoms with E-state index in [0.717, 1.165) is 39.3 Å². The van der Waals surface area contributed by atoms with Gasteiger partial charge in [-0.25, -0.2) is 4.98 Å². The average Bonchev–Trinajstić information content (AvgIpc) is 2.60. The first kappa shape index (κ1) is 15.5. The van der Waals surface area contributed by atoms with Crippen molar-refractivity contribution in [1.29, 1.82) is 5.26 Å². The molecule has 23 heavy (non-hydrogen) atoms. The van der Waals surface area contributed by atoms with Crippen LogP contribution in [0.15, 0.2) is 23.1 Å². The van der Waals surface area contributed by atoms with Gasteiger partial charge in [0.05, 0.1) is 25.3 Å². The molecule has 2 aromatic rings. The van der Waals surface area contributed by atoms with E-state index in [1.54, 1.807) is 12.1 Å². The van der Waals surface area contributed by atoms with Gasteiger partial charge in [-0.2, -0.15) is 5.26 Å². The van der Waals surface area contributed by atoms with Gasteiger partial charge in [-0.15, -0.1) is 0 Å². The summed E-state index contributed by atoms with van der Waals surface area (Å²) in [5.41, 5.74) is 0.499. The van der Waals surface area contributed by atoms with Gasteiger partial charge in [-0.3, -0.25) is 9.69 Å². The Balaban J connectivity index is 1.61. The van der Waals surface area contributed by atoms with Gasteiger partial charge in [-0.1, -0.05) is 0 Å². The van der Waals surface area contributed by atoms with Crippen LogP contribution in [0, 0.1) is 11.3 Å². The average molecular weight is 314 g/mol. The van der Waals surface area contributed by atoms with Gasteiger partial charge in [-0.05, 0) is 12.5 Å². The van der Waals surface area contributed by atoms with Crippen LogP contribution in [0.1, 0.15) is 12.0 Å². The number of nitrogens with zero attached hydrogens (tertiary/aromatic N) is 3. The van der Waals surface area contributed by atoms with E-state index in [-0.39, 0.29) is 16.5 Å². The Labute approximate surface area is 133 Å². The maximum atomic E-state index is 12.1. The van der Waals surface area contributed by atoms with Gasteiger partial charge < -0.3 is 14.5 Å². The maximum absolute atomic E-state index is 12.1. The number of ether oxygens (including phenoxy) is 2. The highest BCUT2D eigenvalue weighted by molar-refractivity contribution is 5.75. The van der Waals surface area contributed by atoms with Crippen LogP contribution >= 0.6 is 0 Å². The van der Waals surface area contributed by atoms with E-state index < -0.39 is 0 Å². The largest absolute Gasteiger partial charge is 0.478 e. The molecule has 3 heterocycles. The second kappa shape index (κ2) is 7.22. The number of hydrogen-bond donors (Lipinski definition) is 1. The highest BCUT2D eigenvalue weighted by Crippen LogP contribution is 2.12. The van der Waals surface area contributed by atoms with Gasteiger partial charge >= 0.3 is 0 Å². The third kappa shape index (κ3) is 3.67. The van der Waals surface area contributed by atoms with E-state index in [2.05, 4.69) is 14.9 Å². The fourth-order valence-corrected chi connectivity index (χ4v) is 2.53. The summed E-state index contributed by atoms with van der Waals surface area (Å²) in [5, 5.41) is 8.90. The lowest BCUT2D eigenvalue weighted by molar-refractivity contribution is 0.0357. The molecule has 0 radical (unpaired) electrons. The Morgan fingerprint density at radius 2 is 2.22 bits per heavy atom. The maximum Gasteiger partial charge on any atom is 0.225 e. The molecule has 1 aliphatic rings. The molecular formula is C16H18N4O3. The van der Waals surface area contributed by atoms with Crippen molar-refractivity contribution < 1.29 is 9.47 Å². The molecule has 2 aromatic heterocycles. The van der Waals surface area contributed by atoms with Gasteiger partial charge in [0.25, 0.3) is 0 Å². The number of rotatable bonds is 5. The molecule has 0 aliphatic carbocycles.